The highest BCUT2D eigenvalue weighted by Crippen LogP contribution is 2.39. The number of benzene rings is 7. The Labute approximate surface area is 271 Å². The number of aromatic nitrogens is 3. The molecule has 4 nitrogen and oxygen atoms in total. The summed E-state index contributed by atoms with van der Waals surface area (Å²) in [7, 11) is 0. The predicted octanol–water partition coefficient (Wildman–Crippen LogP) is 11.3. The average molecular weight is 602 g/mol. The van der Waals surface area contributed by atoms with Gasteiger partial charge in [-0.1, -0.05) is 146 Å². The van der Waals surface area contributed by atoms with E-state index in [0.717, 1.165) is 66.1 Å². The number of nitrogens with zero attached hydrogens (tertiary/aromatic N) is 3. The molecule has 0 bridgehead atoms. The maximum Gasteiger partial charge on any atom is 0.164 e. The summed E-state index contributed by atoms with van der Waals surface area (Å²) in [6, 6.07) is 56.3. The van der Waals surface area contributed by atoms with Gasteiger partial charge in [0, 0.05) is 32.8 Å². The number of hydrogen-bond donors (Lipinski definition) is 0. The molecule has 0 fully saturated rings. The predicted molar refractivity (Wildman–Crippen MR) is 192 cm³/mol. The minimum absolute atomic E-state index is 0.622. The Kier molecular flexibility index (Phi) is 6.43. The minimum Gasteiger partial charge on any atom is -0.455 e. The van der Waals surface area contributed by atoms with Crippen LogP contribution in [0.25, 0.3) is 89.1 Å². The van der Waals surface area contributed by atoms with Crippen LogP contribution in [0.1, 0.15) is 0 Å². The maximum absolute atomic E-state index is 6.48. The summed E-state index contributed by atoms with van der Waals surface area (Å²) < 4.78 is 6.48. The largest absolute Gasteiger partial charge is 0.455 e. The van der Waals surface area contributed by atoms with Crippen molar-refractivity contribution in [2.75, 3.05) is 0 Å². The first-order valence-electron chi connectivity index (χ1n) is 15.7. The second-order valence-electron chi connectivity index (χ2n) is 11.6. The van der Waals surface area contributed by atoms with E-state index in [0.29, 0.717) is 17.5 Å². The lowest BCUT2D eigenvalue weighted by Gasteiger charge is -2.11. The van der Waals surface area contributed by atoms with E-state index in [4.69, 9.17) is 19.4 Å². The first-order chi connectivity index (χ1) is 23.3. The van der Waals surface area contributed by atoms with Gasteiger partial charge in [-0.25, -0.2) is 15.0 Å². The van der Waals surface area contributed by atoms with Gasteiger partial charge < -0.3 is 4.42 Å². The molecule has 7 aromatic carbocycles. The fourth-order valence-electron chi connectivity index (χ4n) is 6.41. The van der Waals surface area contributed by atoms with E-state index in [1.807, 2.05) is 48.5 Å². The summed E-state index contributed by atoms with van der Waals surface area (Å²) in [4.78, 5) is 15.0. The Balaban J connectivity index is 1.19. The van der Waals surface area contributed by atoms with Gasteiger partial charge in [0.25, 0.3) is 0 Å². The van der Waals surface area contributed by atoms with Crippen molar-refractivity contribution in [3.8, 4) is 56.4 Å². The molecule has 0 saturated carbocycles. The van der Waals surface area contributed by atoms with Gasteiger partial charge in [-0.3, -0.25) is 0 Å². The van der Waals surface area contributed by atoms with E-state index in [1.165, 1.54) is 5.56 Å². The fourth-order valence-corrected chi connectivity index (χ4v) is 6.41. The van der Waals surface area contributed by atoms with E-state index in [9.17, 15) is 0 Å². The Morgan fingerprint density at radius 2 is 0.915 bits per heavy atom. The summed E-state index contributed by atoms with van der Waals surface area (Å²) in [6.07, 6.45) is 0. The molecule has 220 valence electrons. The van der Waals surface area contributed by atoms with Crippen LogP contribution >= 0.6 is 0 Å². The lowest BCUT2D eigenvalue weighted by atomic mass is 9.95. The van der Waals surface area contributed by atoms with Crippen LogP contribution in [-0.4, -0.2) is 15.0 Å². The average Bonchev–Trinajstić information content (AvgIpc) is 3.54. The van der Waals surface area contributed by atoms with Crippen molar-refractivity contribution in [3.05, 3.63) is 164 Å². The van der Waals surface area contributed by atoms with Crippen molar-refractivity contribution in [2.45, 2.75) is 0 Å². The van der Waals surface area contributed by atoms with Gasteiger partial charge in [0.05, 0.1) is 0 Å². The third-order valence-corrected chi connectivity index (χ3v) is 8.74. The van der Waals surface area contributed by atoms with Crippen molar-refractivity contribution in [1.82, 2.24) is 15.0 Å². The number of fused-ring (bicyclic) bond motifs is 5. The highest BCUT2D eigenvalue weighted by atomic mass is 16.3. The molecule has 9 aromatic rings. The van der Waals surface area contributed by atoms with Crippen LogP contribution in [0.4, 0.5) is 0 Å². The molecule has 0 aliphatic heterocycles. The molecule has 0 atom stereocenters. The van der Waals surface area contributed by atoms with Crippen molar-refractivity contribution in [1.29, 1.82) is 0 Å². The normalized spacial score (nSPS) is 11.4. The quantitative estimate of drug-likeness (QED) is 0.197. The zero-order valence-electron chi connectivity index (χ0n) is 25.3. The van der Waals surface area contributed by atoms with Gasteiger partial charge in [0.2, 0.25) is 0 Å². The van der Waals surface area contributed by atoms with Crippen molar-refractivity contribution in [3.63, 3.8) is 0 Å². The molecule has 0 amide bonds. The Bertz CT molecular complexity index is 2550. The van der Waals surface area contributed by atoms with E-state index >= 15 is 0 Å². The lowest BCUT2D eigenvalue weighted by Crippen LogP contribution is -2.00. The maximum atomic E-state index is 6.48. The highest BCUT2D eigenvalue weighted by molar-refractivity contribution is 6.18. The molecule has 0 spiro atoms. The number of rotatable bonds is 5. The van der Waals surface area contributed by atoms with Crippen LogP contribution in [-0.2, 0) is 0 Å². The van der Waals surface area contributed by atoms with Crippen LogP contribution in [0.5, 0.6) is 0 Å². The minimum atomic E-state index is 0.622. The van der Waals surface area contributed by atoms with Crippen molar-refractivity contribution >= 4 is 32.7 Å². The molecular formula is C43H27N3O. The summed E-state index contributed by atoms with van der Waals surface area (Å²) in [5.41, 5.74) is 9.06. The van der Waals surface area contributed by atoms with Crippen LogP contribution in [0.2, 0.25) is 0 Å². The molecule has 0 radical (unpaired) electrons. The number of hydrogen-bond acceptors (Lipinski definition) is 4. The van der Waals surface area contributed by atoms with E-state index in [-0.39, 0.29) is 0 Å². The first kappa shape index (κ1) is 27.0. The van der Waals surface area contributed by atoms with E-state index in [2.05, 4.69) is 115 Å². The second-order valence-corrected chi connectivity index (χ2v) is 11.6. The topological polar surface area (TPSA) is 51.8 Å². The molecule has 0 N–H and O–H groups in total. The monoisotopic (exact) mass is 601 g/mol. The summed E-state index contributed by atoms with van der Waals surface area (Å²) >= 11 is 0. The van der Waals surface area contributed by atoms with Crippen LogP contribution in [0.3, 0.4) is 0 Å². The standard InChI is InChI=1S/C43H27N3O/c1-3-11-28(12-4-1)29-21-23-32(24-22-29)42-44-41(31-13-5-2-6-14-31)45-43(46-42)34-17-9-16-33(27-34)35-19-10-15-30-25-26-37-36-18-7-8-20-38(36)47-40(37)39(30)35/h1-27H. The molecule has 2 aromatic heterocycles. The third kappa shape index (κ3) is 4.84. The summed E-state index contributed by atoms with van der Waals surface area (Å²) in [5.74, 6) is 1.89. The van der Waals surface area contributed by atoms with Gasteiger partial charge in [-0.2, -0.15) is 0 Å². The molecule has 0 aliphatic rings. The van der Waals surface area contributed by atoms with Gasteiger partial charge in [0.1, 0.15) is 11.2 Å². The van der Waals surface area contributed by atoms with Crippen LogP contribution in [0.15, 0.2) is 168 Å². The molecule has 0 saturated heterocycles. The fraction of sp³-hybridized carbons (Fsp3) is 0. The van der Waals surface area contributed by atoms with Crippen LogP contribution in [0, 0.1) is 0 Å². The Morgan fingerprint density at radius 1 is 0.362 bits per heavy atom. The number of furan rings is 1. The zero-order valence-corrected chi connectivity index (χ0v) is 25.3. The van der Waals surface area contributed by atoms with Gasteiger partial charge in [-0.05, 0) is 45.8 Å². The van der Waals surface area contributed by atoms with Gasteiger partial charge >= 0.3 is 0 Å². The summed E-state index contributed by atoms with van der Waals surface area (Å²) in [5, 5.41) is 4.46. The Hall–Kier alpha value is -6.39. The zero-order chi connectivity index (χ0) is 31.2. The van der Waals surface area contributed by atoms with Gasteiger partial charge in [-0.15, -0.1) is 0 Å². The van der Waals surface area contributed by atoms with E-state index in [1.54, 1.807) is 0 Å². The Morgan fingerprint density at radius 3 is 1.68 bits per heavy atom. The molecule has 4 heteroatoms. The van der Waals surface area contributed by atoms with E-state index < -0.39 is 0 Å². The summed E-state index contributed by atoms with van der Waals surface area (Å²) in [6.45, 7) is 0. The second kappa shape index (κ2) is 11.2. The first-order valence-corrected chi connectivity index (χ1v) is 15.7. The number of para-hydroxylation sites is 1. The SMILES string of the molecule is c1ccc(-c2ccc(-c3nc(-c4ccccc4)nc(-c4cccc(-c5cccc6ccc7c8ccccc8oc7c56)c4)n3)cc2)cc1. The van der Waals surface area contributed by atoms with Crippen molar-refractivity contribution < 1.29 is 4.42 Å². The molecule has 0 aliphatic carbocycles. The van der Waals surface area contributed by atoms with Crippen LogP contribution < -0.4 is 0 Å². The molecule has 47 heavy (non-hydrogen) atoms. The van der Waals surface area contributed by atoms with Crippen molar-refractivity contribution in [2.24, 2.45) is 0 Å². The highest BCUT2D eigenvalue weighted by Gasteiger charge is 2.16. The molecule has 2 heterocycles. The molecule has 0 unspecified atom stereocenters. The lowest BCUT2D eigenvalue weighted by molar-refractivity contribution is 0.673. The molecule has 9 rings (SSSR count). The smallest absolute Gasteiger partial charge is 0.164 e. The third-order valence-electron chi connectivity index (χ3n) is 8.74. The van der Waals surface area contributed by atoms with Gasteiger partial charge in [0.15, 0.2) is 17.5 Å². The molecular weight excluding hydrogens is 574 g/mol.